The Balaban J connectivity index is 2.04. The third-order valence-electron chi connectivity index (χ3n) is 6.10. The van der Waals surface area contributed by atoms with E-state index < -0.39 is 0 Å². The second-order valence-corrected chi connectivity index (χ2v) is 8.11. The van der Waals surface area contributed by atoms with E-state index >= 15 is 0 Å². The van der Waals surface area contributed by atoms with Gasteiger partial charge in [-0.25, -0.2) is 0 Å². The maximum atomic E-state index is 9.73. The van der Waals surface area contributed by atoms with Gasteiger partial charge in [0.1, 0.15) is 0 Å². The van der Waals surface area contributed by atoms with Crippen LogP contribution in [0.2, 0.25) is 0 Å². The first-order valence-corrected chi connectivity index (χ1v) is 11.1. The van der Waals surface area contributed by atoms with E-state index in [0.29, 0.717) is 6.04 Å². The Bertz CT molecular complexity index is 578. The molecule has 5 heteroatoms. The van der Waals surface area contributed by atoms with E-state index in [2.05, 4.69) is 74.0 Å². The first-order valence-electron chi connectivity index (χ1n) is 11.1. The predicted octanol–water partition coefficient (Wildman–Crippen LogP) is 3.75. The Labute approximate surface area is 171 Å². The van der Waals surface area contributed by atoms with Crippen molar-refractivity contribution in [3.63, 3.8) is 0 Å². The van der Waals surface area contributed by atoms with Crippen LogP contribution in [0.3, 0.4) is 0 Å². The largest absolute Gasteiger partial charge is 0.393 e. The molecule has 5 nitrogen and oxygen atoms in total. The Morgan fingerprint density at radius 2 is 1.75 bits per heavy atom. The van der Waals surface area contributed by atoms with Gasteiger partial charge in [0.15, 0.2) is 5.96 Å². The van der Waals surface area contributed by atoms with E-state index in [1.54, 1.807) is 0 Å². The number of aliphatic hydroxyl groups excluding tert-OH is 1. The van der Waals surface area contributed by atoms with E-state index in [1.807, 2.05) is 0 Å². The molecule has 1 saturated carbocycles. The van der Waals surface area contributed by atoms with Crippen LogP contribution in [0.15, 0.2) is 35.3 Å². The number of aliphatic imine (C=N–C) groups is 1. The zero-order valence-corrected chi connectivity index (χ0v) is 18.2. The average molecular weight is 389 g/mol. The second kappa shape index (κ2) is 11.4. The lowest BCUT2D eigenvalue weighted by Crippen LogP contribution is -2.50. The fourth-order valence-electron chi connectivity index (χ4n) is 3.97. The minimum Gasteiger partial charge on any atom is -0.393 e. The van der Waals surface area contributed by atoms with Crippen molar-refractivity contribution in [2.24, 2.45) is 4.99 Å². The van der Waals surface area contributed by atoms with Gasteiger partial charge >= 0.3 is 0 Å². The van der Waals surface area contributed by atoms with Crippen LogP contribution in [0.25, 0.3) is 0 Å². The van der Waals surface area contributed by atoms with Crippen LogP contribution in [-0.4, -0.2) is 41.8 Å². The molecule has 0 aliphatic heterocycles. The molecular weight excluding hydrogens is 348 g/mol. The van der Waals surface area contributed by atoms with Crippen LogP contribution in [0, 0.1) is 0 Å². The molecule has 0 amide bonds. The van der Waals surface area contributed by atoms with E-state index in [-0.39, 0.29) is 17.7 Å². The van der Waals surface area contributed by atoms with Gasteiger partial charge in [-0.05, 0) is 57.9 Å². The molecule has 158 valence electrons. The van der Waals surface area contributed by atoms with Crippen LogP contribution in [0.5, 0.6) is 0 Å². The van der Waals surface area contributed by atoms with Crippen molar-refractivity contribution in [2.75, 3.05) is 13.1 Å². The number of nitrogens with one attached hydrogen (secondary N) is 3. The molecule has 1 fully saturated rings. The van der Waals surface area contributed by atoms with Crippen LogP contribution in [-0.2, 0) is 0 Å². The monoisotopic (exact) mass is 388 g/mol. The summed E-state index contributed by atoms with van der Waals surface area (Å²) in [4.78, 5) is 4.96. The van der Waals surface area contributed by atoms with Crippen molar-refractivity contribution in [3.8, 4) is 0 Å². The number of guanidine groups is 1. The Morgan fingerprint density at radius 1 is 1.11 bits per heavy atom. The number of nitrogens with zero attached hydrogens (tertiary/aromatic N) is 1. The molecule has 2 rings (SSSR count). The zero-order chi connectivity index (χ0) is 20.4. The molecule has 1 aromatic carbocycles. The average Bonchev–Trinajstić information content (AvgIpc) is 2.73. The molecule has 0 bridgehead atoms. The summed E-state index contributed by atoms with van der Waals surface area (Å²) in [6.07, 6.45) is 5.68. The van der Waals surface area contributed by atoms with Crippen molar-refractivity contribution in [1.82, 2.24) is 16.0 Å². The molecule has 0 spiro atoms. The van der Waals surface area contributed by atoms with Crippen LogP contribution in [0.1, 0.15) is 77.8 Å². The highest BCUT2D eigenvalue weighted by molar-refractivity contribution is 5.80. The van der Waals surface area contributed by atoms with Crippen molar-refractivity contribution < 1.29 is 5.11 Å². The SMILES string of the molecule is CCNC(=NCC(CC)(CC)NC(C)c1ccccc1)NC1CCC(O)CC1. The minimum absolute atomic E-state index is 0.0274. The summed E-state index contributed by atoms with van der Waals surface area (Å²) in [5, 5.41) is 20.6. The van der Waals surface area contributed by atoms with Gasteiger partial charge in [0.25, 0.3) is 0 Å². The van der Waals surface area contributed by atoms with E-state index in [0.717, 1.165) is 57.6 Å². The molecular formula is C23H40N4O. The van der Waals surface area contributed by atoms with Crippen LogP contribution >= 0.6 is 0 Å². The third-order valence-corrected chi connectivity index (χ3v) is 6.10. The highest BCUT2D eigenvalue weighted by Gasteiger charge is 2.28. The van der Waals surface area contributed by atoms with Gasteiger partial charge in [-0.1, -0.05) is 44.2 Å². The zero-order valence-electron chi connectivity index (χ0n) is 18.2. The van der Waals surface area contributed by atoms with Gasteiger partial charge in [-0.15, -0.1) is 0 Å². The van der Waals surface area contributed by atoms with E-state index in [1.165, 1.54) is 5.56 Å². The molecule has 1 unspecified atom stereocenters. The summed E-state index contributed by atoms with van der Waals surface area (Å²) < 4.78 is 0. The summed E-state index contributed by atoms with van der Waals surface area (Å²) in [5.74, 6) is 0.893. The second-order valence-electron chi connectivity index (χ2n) is 8.11. The Hall–Kier alpha value is -1.59. The van der Waals surface area contributed by atoms with Crippen molar-refractivity contribution in [2.45, 2.75) is 89.9 Å². The van der Waals surface area contributed by atoms with Gasteiger partial charge in [0.2, 0.25) is 0 Å². The van der Waals surface area contributed by atoms with Crippen molar-refractivity contribution in [3.05, 3.63) is 35.9 Å². The maximum absolute atomic E-state index is 9.73. The molecule has 4 N–H and O–H groups in total. The molecule has 1 aliphatic carbocycles. The summed E-state index contributed by atoms with van der Waals surface area (Å²) in [5.41, 5.74) is 1.28. The van der Waals surface area contributed by atoms with Gasteiger partial charge in [-0.3, -0.25) is 4.99 Å². The molecule has 28 heavy (non-hydrogen) atoms. The molecule has 1 atom stereocenters. The Kier molecular flexibility index (Phi) is 9.26. The number of benzene rings is 1. The maximum Gasteiger partial charge on any atom is 0.191 e. The molecule has 0 heterocycles. The number of aliphatic hydroxyl groups is 1. The molecule has 1 aliphatic rings. The number of hydrogen-bond donors (Lipinski definition) is 4. The first kappa shape index (κ1) is 22.7. The Morgan fingerprint density at radius 3 is 2.32 bits per heavy atom. The summed E-state index contributed by atoms with van der Waals surface area (Å²) in [7, 11) is 0. The summed E-state index contributed by atoms with van der Waals surface area (Å²) in [6, 6.07) is 11.3. The predicted molar refractivity (Wildman–Crippen MR) is 119 cm³/mol. The molecule has 0 aromatic heterocycles. The van der Waals surface area contributed by atoms with Gasteiger partial charge in [-0.2, -0.15) is 0 Å². The fourth-order valence-corrected chi connectivity index (χ4v) is 3.97. The van der Waals surface area contributed by atoms with E-state index in [4.69, 9.17) is 4.99 Å². The third kappa shape index (κ3) is 6.78. The number of hydrogen-bond acceptors (Lipinski definition) is 3. The van der Waals surface area contributed by atoms with Gasteiger partial charge in [0.05, 0.1) is 12.6 Å². The topological polar surface area (TPSA) is 68.7 Å². The standard InChI is InChI=1S/C23H40N4O/c1-5-23(6-2,27-18(4)19-11-9-8-10-12-19)17-25-22(24-7-3)26-20-13-15-21(28)16-14-20/h8-12,18,20-21,27-28H,5-7,13-17H2,1-4H3,(H2,24,25,26). The normalized spacial score (nSPS) is 22.0. The lowest BCUT2D eigenvalue weighted by atomic mass is 9.90. The molecule has 1 aromatic rings. The van der Waals surface area contributed by atoms with Crippen LogP contribution < -0.4 is 16.0 Å². The molecule has 0 radical (unpaired) electrons. The summed E-state index contributed by atoms with van der Waals surface area (Å²) >= 11 is 0. The quantitative estimate of drug-likeness (QED) is 0.384. The molecule has 0 saturated heterocycles. The summed E-state index contributed by atoms with van der Waals surface area (Å²) in [6.45, 7) is 10.4. The lowest BCUT2D eigenvalue weighted by molar-refractivity contribution is 0.120. The highest BCUT2D eigenvalue weighted by Crippen LogP contribution is 2.23. The van der Waals surface area contributed by atoms with E-state index in [9.17, 15) is 5.11 Å². The van der Waals surface area contributed by atoms with Crippen molar-refractivity contribution >= 4 is 5.96 Å². The highest BCUT2D eigenvalue weighted by atomic mass is 16.3. The first-order chi connectivity index (χ1) is 13.5. The number of rotatable bonds is 9. The van der Waals surface area contributed by atoms with Crippen LogP contribution in [0.4, 0.5) is 0 Å². The minimum atomic E-state index is -0.130. The van der Waals surface area contributed by atoms with Crippen molar-refractivity contribution in [1.29, 1.82) is 0 Å². The fraction of sp³-hybridized carbons (Fsp3) is 0.696. The lowest BCUT2D eigenvalue weighted by Gasteiger charge is -2.35. The smallest absolute Gasteiger partial charge is 0.191 e. The van der Waals surface area contributed by atoms with Gasteiger partial charge in [0, 0.05) is 24.2 Å². The van der Waals surface area contributed by atoms with Gasteiger partial charge < -0.3 is 21.1 Å².